The molecule has 2 heterocycles. The molecule has 5 nitrogen and oxygen atoms in total. The maximum atomic E-state index is 13.4. The first-order valence-corrected chi connectivity index (χ1v) is 6.43. The molecule has 0 aliphatic rings. The monoisotopic (exact) mass is 285 g/mol. The average molecular weight is 285 g/mol. The van der Waals surface area contributed by atoms with Crippen molar-refractivity contribution < 1.29 is 14.3 Å². The Bertz CT molecular complexity index is 814. The minimum atomic E-state index is -0.893. The van der Waals surface area contributed by atoms with E-state index in [1.807, 2.05) is 24.3 Å². The van der Waals surface area contributed by atoms with Crippen LogP contribution in [0, 0.1) is 5.82 Å². The zero-order chi connectivity index (χ0) is 14.8. The Kier molecular flexibility index (Phi) is 3.35. The van der Waals surface area contributed by atoms with Gasteiger partial charge in [-0.15, -0.1) is 0 Å². The molecule has 21 heavy (non-hydrogen) atoms. The Morgan fingerprint density at radius 1 is 1.29 bits per heavy atom. The van der Waals surface area contributed by atoms with Crippen molar-refractivity contribution >= 4 is 17.0 Å². The van der Waals surface area contributed by atoms with E-state index in [0.29, 0.717) is 11.4 Å². The predicted molar refractivity (Wildman–Crippen MR) is 75.2 cm³/mol. The number of aromatic nitrogens is 3. The second-order valence-electron chi connectivity index (χ2n) is 4.61. The molecule has 1 N–H and O–H groups in total. The standard InChI is InChI=1S/C15H12FN3O2/c16-11-7-10(8-17-9-11)15-18-12-3-1-2-4-13(12)19(15)6-5-14(20)21/h1-4,7-9H,5-6H2,(H,20,21). The van der Waals surface area contributed by atoms with Gasteiger partial charge in [-0.1, -0.05) is 12.1 Å². The first-order valence-electron chi connectivity index (χ1n) is 6.43. The number of carboxylic acids is 1. The number of nitrogens with zero attached hydrogens (tertiary/aromatic N) is 3. The quantitative estimate of drug-likeness (QED) is 0.800. The number of fused-ring (bicyclic) bond motifs is 1. The van der Waals surface area contributed by atoms with Gasteiger partial charge in [-0.3, -0.25) is 9.78 Å². The van der Waals surface area contributed by atoms with Gasteiger partial charge in [-0.2, -0.15) is 0 Å². The highest BCUT2D eigenvalue weighted by atomic mass is 19.1. The summed E-state index contributed by atoms with van der Waals surface area (Å²) in [6.45, 7) is 0.266. The van der Waals surface area contributed by atoms with Crippen LogP contribution in [0.1, 0.15) is 6.42 Å². The number of carbonyl (C=O) groups is 1. The molecule has 0 saturated carbocycles. The summed E-state index contributed by atoms with van der Waals surface area (Å²) in [7, 11) is 0. The van der Waals surface area contributed by atoms with Crippen LogP contribution in [-0.4, -0.2) is 25.6 Å². The topological polar surface area (TPSA) is 68.0 Å². The molecule has 0 aliphatic heterocycles. The molecule has 0 unspecified atom stereocenters. The van der Waals surface area contributed by atoms with Crippen LogP contribution in [0.4, 0.5) is 4.39 Å². The summed E-state index contributed by atoms with van der Waals surface area (Å²) in [6, 6.07) is 8.74. The van der Waals surface area contributed by atoms with Crippen LogP contribution in [0.5, 0.6) is 0 Å². The SMILES string of the molecule is O=C(O)CCn1c(-c2cncc(F)c2)nc2ccccc21. The molecule has 0 saturated heterocycles. The molecule has 0 aliphatic carbocycles. The second-order valence-corrected chi connectivity index (χ2v) is 4.61. The average Bonchev–Trinajstić information content (AvgIpc) is 2.84. The van der Waals surface area contributed by atoms with Gasteiger partial charge in [0.2, 0.25) is 0 Å². The smallest absolute Gasteiger partial charge is 0.305 e. The van der Waals surface area contributed by atoms with Gasteiger partial charge in [0.1, 0.15) is 11.6 Å². The number of rotatable bonds is 4. The lowest BCUT2D eigenvalue weighted by molar-refractivity contribution is -0.137. The highest BCUT2D eigenvalue weighted by Gasteiger charge is 2.14. The molecule has 0 radical (unpaired) electrons. The molecule has 0 fully saturated rings. The third-order valence-electron chi connectivity index (χ3n) is 3.17. The molecule has 0 atom stereocenters. The summed E-state index contributed by atoms with van der Waals surface area (Å²) in [5, 5.41) is 8.88. The Morgan fingerprint density at radius 2 is 2.10 bits per heavy atom. The van der Waals surface area contributed by atoms with Gasteiger partial charge < -0.3 is 9.67 Å². The first kappa shape index (κ1) is 13.2. The van der Waals surface area contributed by atoms with Crippen molar-refractivity contribution in [2.24, 2.45) is 0 Å². The van der Waals surface area contributed by atoms with E-state index in [1.54, 1.807) is 4.57 Å². The highest BCUT2D eigenvalue weighted by Crippen LogP contribution is 2.25. The molecule has 0 amide bonds. The number of halogens is 1. The van der Waals surface area contributed by atoms with Gasteiger partial charge in [-0.05, 0) is 18.2 Å². The predicted octanol–water partition coefficient (Wildman–Crippen LogP) is 2.71. The fourth-order valence-electron chi connectivity index (χ4n) is 2.26. The lowest BCUT2D eigenvalue weighted by Crippen LogP contribution is -2.06. The van der Waals surface area contributed by atoms with Crippen molar-refractivity contribution in [3.8, 4) is 11.4 Å². The van der Waals surface area contributed by atoms with Gasteiger partial charge in [-0.25, -0.2) is 9.37 Å². The lowest BCUT2D eigenvalue weighted by Gasteiger charge is -2.07. The summed E-state index contributed by atoms with van der Waals surface area (Å²) in [6.07, 6.45) is 2.60. The molecule has 6 heteroatoms. The van der Waals surface area contributed by atoms with E-state index in [-0.39, 0.29) is 13.0 Å². The van der Waals surface area contributed by atoms with Crippen molar-refractivity contribution in [3.63, 3.8) is 0 Å². The van der Waals surface area contributed by atoms with Crippen molar-refractivity contribution in [2.75, 3.05) is 0 Å². The largest absolute Gasteiger partial charge is 0.481 e. The number of aryl methyl sites for hydroxylation is 1. The van der Waals surface area contributed by atoms with Gasteiger partial charge >= 0.3 is 5.97 Å². The Labute approximate surface area is 119 Å². The van der Waals surface area contributed by atoms with Crippen LogP contribution < -0.4 is 0 Å². The van der Waals surface area contributed by atoms with E-state index >= 15 is 0 Å². The van der Waals surface area contributed by atoms with Crippen molar-refractivity contribution in [2.45, 2.75) is 13.0 Å². The van der Waals surface area contributed by atoms with Crippen molar-refractivity contribution in [1.82, 2.24) is 14.5 Å². The molecule has 3 aromatic rings. The van der Waals surface area contributed by atoms with E-state index < -0.39 is 11.8 Å². The minimum Gasteiger partial charge on any atom is -0.481 e. The van der Waals surface area contributed by atoms with Gasteiger partial charge in [0.25, 0.3) is 0 Å². The first-order chi connectivity index (χ1) is 10.1. The summed E-state index contributed by atoms with van der Waals surface area (Å²) in [5.74, 6) is -0.829. The fraction of sp³-hybridized carbons (Fsp3) is 0.133. The van der Waals surface area contributed by atoms with Crippen LogP contribution >= 0.6 is 0 Å². The highest BCUT2D eigenvalue weighted by molar-refractivity contribution is 5.80. The van der Waals surface area contributed by atoms with Gasteiger partial charge in [0.15, 0.2) is 0 Å². The molecule has 2 aromatic heterocycles. The van der Waals surface area contributed by atoms with E-state index in [2.05, 4.69) is 9.97 Å². The number of benzene rings is 1. The van der Waals surface area contributed by atoms with Crippen molar-refractivity contribution in [3.05, 3.63) is 48.5 Å². The molecular formula is C15H12FN3O2. The molecular weight excluding hydrogens is 273 g/mol. The summed E-state index contributed by atoms with van der Waals surface area (Å²) in [4.78, 5) is 19.1. The number of carboxylic acid groups (broad SMARTS) is 1. The number of aliphatic carboxylic acids is 1. The maximum absolute atomic E-state index is 13.4. The minimum absolute atomic E-state index is 0.0316. The zero-order valence-electron chi connectivity index (χ0n) is 11.0. The number of hydrogen-bond acceptors (Lipinski definition) is 3. The molecule has 106 valence electrons. The maximum Gasteiger partial charge on any atom is 0.305 e. The molecule has 3 rings (SSSR count). The third-order valence-corrected chi connectivity index (χ3v) is 3.17. The summed E-state index contributed by atoms with van der Waals surface area (Å²) in [5.41, 5.74) is 2.08. The van der Waals surface area contributed by atoms with Crippen LogP contribution in [-0.2, 0) is 11.3 Å². The van der Waals surface area contributed by atoms with E-state index in [4.69, 9.17) is 5.11 Å². The Hall–Kier alpha value is -2.76. The lowest BCUT2D eigenvalue weighted by atomic mass is 10.2. The van der Waals surface area contributed by atoms with Gasteiger partial charge in [0, 0.05) is 18.3 Å². The number of imidazole rings is 1. The van der Waals surface area contributed by atoms with E-state index in [9.17, 15) is 9.18 Å². The summed E-state index contributed by atoms with van der Waals surface area (Å²) >= 11 is 0. The zero-order valence-corrected chi connectivity index (χ0v) is 11.0. The van der Waals surface area contributed by atoms with Crippen LogP contribution in [0.25, 0.3) is 22.4 Å². The second kappa shape index (κ2) is 5.32. The Morgan fingerprint density at radius 3 is 2.86 bits per heavy atom. The van der Waals surface area contributed by atoms with Crippen molar-refractivity contribution in [1.29, 1.82) is 0 Å². The fourth-order valence-corrected chi connectivity index (χ4v) is 2.26. The van der Waals surface area contributed by atoms with E-state index in [1.165, 1.54) is 12.3 Å². The number of hydrogen-bond donors (Lipinski definition) is 1. The summed E-state index contributed by atoms with van der Waals surface area (Å²) < 4.78 is 15.1. The van der Waals surface area contributed by atoms with E-state index in [0.717, 1.165) is 17.2 Å². The molecule has 1 aromatic carbocycles. The van der Waals surface area contributed by atoms with Crippen LogP contribution in [0.3, 0.4) is 0 Å². The number of para-hydroxylation sites is 2. The number of pyridine rings is 1. The molecule has 0 spiro atoms. The Balaban J connectivity index is 2.16. The van der Waals surface area contributed by atoms with Gasteiger partial charge in [0.05, 0.1) is 23.7 Å². The molecule has 0 bridgehead atoms. The normalized spacial score (nSPS) is 10.9. The van der Waals surface area contributed by atoms with Crippen LogP contribution in [0.2, 0.25) is 0 Å². The van der Waals surface area contributed by atoms with Crippen LogP contribution in [0.15, 0.2) is 42.7 Å². The third kappa shape index (κ3) is 2.60.